The van der Waals surface area contributed by atoms with E-state index in [9.17, 15) is 5.11 Å². The molecular weight excluding hydrogens is 378 g/mol. The smallest absolute Gasteiger partial charge is 0.114 e. The molecule has 2 saturated carbocycles. The van der Waals surface area contributed by atoms with E-state index in [1.165, 1.54) is 12.0 Å². The fourth-order valence-corrected chi connectivity index (χ4v) is 5.94. The van der Waals surface area contributed by atoms with Gasteiger partial charge in [-0.3, -0.25) is 9.88 Å². The normalized spacial score (nSPS) is 31.5. The summed E-state index contributed by atoms with van der Waals surface area (Å²) in [6.07, 6.45) is 12.9. The molecule has 2 aromatic heterocycles. The molecule has 0 aromatic carbocycles. The molecule has 30 heavy (non-hydrogen) atoms. The molecule has 2 aliphatic carbocycles. The summed E-state index contributed by atoms with van der Waals surface area (Å²) in [5.74, 6) is 1.31. The zero-order chi connectivity index (χ0) is 20.6. The van der Waals surface area contributed by atoms with Gasteiger partial charge in [0.1, 0.15) is 11.3 Å². The third-order valence-electron chi connectivity index (χ3n) is 7.63. The lowest BCUT2D eigenvalue weighted by atomic mass is 9.77. The number of ether oxygens (including phenoxy) is 1. The van der Waals surface area contributed by atoms with Gasteiger partial charge in [0.15, 0.2) is 0 Å². The van der Waals surface area contributed by atoms with Crippen LogP contribution in [0.2, 0.25) is 0 Å². The predicted molar refractivity (Wildman–Crippen MR) is 113 cm³/mol. The zero-order valence-electron chi connectivity index (χ0n) is 17.9. The third-order valence-corrected chi connectivity index (χ3v) is 7.63. The van der Waals surface area contributed by atoms with Crippen molar-refractivity contribution in [1.29, 1.82) is 0 Å². The zero-order valence-corrected chi connectivity index (χ0v) is 17.9. The van der Waals surface area contributed by atoms with Crippen LogP contribution in [0.3, 0.4) is 0 Å². The lowest BCUT2D eigenvalue weighted by Gasteiger charge is -2.37. The van der Waals surface area contributed by atoms with Gasteiger partial charge in [0.25, 0.3) is 0 Å². The SMILES string of the molecule is CO[C@@H]1C[C@H]2CN(Cc3ccncc3)C[C@H]2C[C@H]1n1cc(C2(O)CCCCC2)nn1. The first-order valence-corrected chi connectivity index (χ1v) is 11.4. The number of aliphatic hydroxyl groups is 1. The van der Waals surface area contributed by atoms with Crippen LogP contribution in [0.15, 0.2) is 30.7 Å². The van der Waals surface area contributed by atoms with Gasteiger partial charge < -0.3 is 9.84 Å². The standard InChI is InChI=1S/C23H33N5O2/c1-30-21-12-19-15-27(13-17-5-9-24-10-6-17)14-18(19)11-20(21)28-16-22(25-26-28)23(29)7-3-2-4-8-23/h5-6,9-10,16,18-21,29H,2-4,7-8,11-15H2,1H3/t18-,19+,20-,21-/m1/s1. The molecule has 162 valence electrons. The van der Waals surface area contributed by atoms with Gasteiger partial charge in [0, 0.05) is 39.1 Å². The molecule has 1 N–H and O–H groups in total. The van der Waals surface area contributed by atoms with Crippen molar-refractivity contribution >= 4 is 0 Å². The average Bonchev–Trinajstić information content (AvgIpc) is 3.41. The summed E-state index contributed by atoms with van der Waals surface area (Å²) < 4.78 is 7.91. The second-order valence-electron chi connectivity index (χ2n) is 9.56. The fourth-order valence-electron chi connectivity index (χ4n) is 5.94. The first kappa shape index (κ1) is 20.1. The highest BCUT2D eigenvalue weighted by molar-refractivity contribution is 5.11. The molecule has 3 fully saturated rings. The van der Waals surface area contributed by atoms with Crippen molar-refractivity contribution in [2.75, 3.05) is 20.2 Å². The molecule has 0 unspecified atom stereocenters. The Morgan fingerprint density at radius 2 is 1.83 bits per heavy atom. The molecule has 3 heterocycles. The molecule has 3 aliphatic rings. The van der Waals surface area contributed by atoms with Gasteiger partial charge >= 0.3 is 0 Å². The van der Waals surface area contributed by atoms with Gasteiger partial charge in [-0.05, 0) is 55.2 Å². The van der Waals surface area contributed by atoms with Crippen molar-refractivity contribution in [3.05, 3.63) is 42.0 Å². The van der Waals surface area contributed by atoms with Crippen LogP contribution in [0.4, 0.5) is 0 Å². The number of pyridine rings is 1. The van der Waals surface area contributed by atoms with E-state index in [4.69, 9.17) is 4.74 Å². The highest BCUT2D eigenvalue weighted by Gasteiger charge is 2.44. The summed E-state index contributed by atoms with van der Waals surface area (Å²) in [7, 11) is 1.81. The Balaban J connectivity index is 1.29. The average molecular weight is 412 g/mol. The highest BCUT2D eigenvalue weighted by atomic mass is 16.5. The Hall–Kier alpha value is -1.83. The van der Waals surface area contributed by atoms with Gasteiger partial charge in [-0.2, -0.15) is 0 Å². The Labute approximate surface area is 178 Å². The van der Waals surface area contributed by atoms with Crippen molar-refractivity contribution < 1.29 is 9.84 Å². The maximum atomic E-state index is 11.0. The van der Waals surface area contributed by atoms with Gasteiger partial charge in [-0.15, -0.1) is 5.10 Å². The topological polar surface area (TPSA) is 76.3 Å². The molecule has 1 saturated heterocycles. The van der Waals surface area contributed by atoms with Crippen LogP contribution in [-0.4, -0.2) is 56.3 Å². The second kappa shape index (κ2) is 8.36. The lowest BCUT2D eigenvalue weighted by Crippen LogP contribution is -2.38. The Bertz CT molecular complexity index is 835. The number of rotatable bonds is 5. The maximum absolute atomic E-state index is 11.0. The van der Waals surface area contributed by atoms with Crippen LogP contribution in [0, 0.1) is 11.8 Å². The lowest BCUT2D eigenvalue weighted by molar-refractivity contribution is -0.00777. The van der Waals surface area contributed by atoms with Crippen molar-refractivity contribution in [2.24, 2.45) is 11.8 Å². The molecule has 0 amide bonds. The van der Waals surface area contributed by atoms with E-state index >= 15 is 0 Å². The minimum Gasteiger partial charge on any atom is -0.383 e. The first-order chi connectivity index (χ1) is 14.6. The van der Waals surface area contributed by atoms with Crippen LogP contribution >= 0.6 is 0 Å². The number of hydrogen-bond donors (Lipinski definition) is 1. The summed E-state index contributed by atoms with van der Waals surface area (Å²) in [6.45, 7) is 3.23. The Kier molecular flexibility index (Phi) is 5.60. The van der Waals surface area contributed by atoms with E-state index in [0.29, 0.717) is 11.8 Å². The van der Waals surface area contributed by atoms with E-state index in [0.717, 1.165) is 63.9 Å². The third kappa shape index (κ3) is 3.90. The van der Waals surface area contributed by atoms with Crippen LogP contribution in [0.1, 0.15) is 62.2 Å². The van der Waals surface area contributed by atoms with Gasteiger partial charge in [0.05, 0.1) is 18.3 Å². The highest BCUT2D eigenvalue weighted by Crippen LogP contribution is 2.43. The molecule has 0 bridgehead atoms. The van der Waals surface area contributed by atoms with Crippen molar-refractivity contribution in [2.45, 2.75) is 69.2 Å². The largest absolute Gasteiger partial charge is 0.383 e. The van der Waals surface area contributed by atoms with Crippen LogP contribution in [0.25, 0.3) is 0 Å². The molecule has 0 radical (unpaired) electrons. The van der Waals surface area contributed by atoms with Crippen LogP contribution in [0.5, 0.6) is 0 Å². The minimum absolute atomic E-state index is 0.141. The Morgan fingerprint density at radius 1 is 1.10 bits per heavy atom. The molecule has 7 nitrogen and oxygen atoms in total. The summed E-state index contributed by atoms with van der Waals surface area (Å²) in [5, 5.41) is 19.9. The summed E-state index contributed by atoms with van der Waals surface area (Å²) in [6, 6.07) is 4.40. The maximum Gasteiger partial charge on any atom is 0.114 e. The monoisotopic (exact) mass is 411 g/mol. The quantitative estimate of drug-likeness (QED) is 0.815. The summed E-state index contributed by atoms with van der Waals surface area (Å²) >= 11 is 0. The van der Waals surface area contributed by atoms with Crippen molar-refractivity contribution in [3.8, 4) is 0 Å². The number of methoxy groups -OCH3 is 1. The molecule has 7 heteroatoms. The van der Waals surface area contributed by atoms with E-state index < -0.39 is 5.60 Å². The predicted octanol–water partition coefficient (Wildman–Crippen LogP) is 2.92. The molecule has 5 rings (SSSR count). The van der Waals surface area contributed by atoms with Gasteiger partial charge in [-0.25, -0.2) is 4.68 Å². The first-order valence-electron chi connectivity index (χ1n) is 11.4. The number of likely N-dealkylation sites (tertiary alicyclic amines) is 1. The summed E-state index contributed by atoms with van der Waals surface area (Å²) in [4.78, 5) is 6.70. The van der Waals surface area contributed by atoms with E-state index in [-0.39, 0.29) is 12.1 Å². The molecular formula is C23H33N5O2. The van der Waals surface area contributed by atoms with Gasteiger partial charge in [-0.1, -0.05) is 24.5 Å². The molecule has 0 spiro atoms. The minimum atomic E-state index is -0.801. The van der Waals surface area contributed by atoms with E-state index in [1.54, 1.807) is 0 Å². The van der Waals surface area contributed by atoms with E-state index in [1.807, 2.05) is 30.4 Å². The second-order valence-corrected chi connectivity index (χ2v) is 9.56. The Morgan fingerprint density at radius 3 is 2.57 bits per heavy atom. The summed E-state index contributed by atoms with van der Waals surface area (Å²) in [5.41, 5.74) is 1.26. The van der Waals surface area contributed by atoms with E-state index in [2.05, 4.69) is 32.3 Å². The van der Waals surface area contributed by atoms with Crippen LogP contribution < -0.4 is 0 Å². The number of fused-ring (bicyclic) bond motifs is 1. The van der Waals surface area contributed by atoms with Gasteiger partial charge in [0.2, 0.25) is 0 Å². The molecule has 1 aliphatic heterocycles. The van der Waals surface area contributed by atoms with Crippen molar-refractivity contribution in [3.63, 3.8) is 0 Å². The number of aromatic nitrogens is 4. The number of hydrogen-bond acceptors (Lipinski definition) is 6. The molecule has 4 atom stereocenters. The number of nitrogens with zero attached hydrogens (tertiary/aromatic N) is 5. The van der Waals surface area contributed by atoms with Crippen LogP contribution in [-0.2, 0) is 16.9 Å². The van der Waals surface area contributed by atoms with Crippen molar-refractivity contribution in [1.82, 2.24) is 24.9 Å². The fraction of sp³-hybridized carbons (Fsp3) is 0.696. The molecule has 2 aromatic rings.